The molecule has 0 aromatic heterocycles. The summed E-state index contributed by atoms with van der Waals surface area (Å²) in [7, 11) is 0. The molecule has 0 spiro atoms. The topological polar surface area (TPSA) is 20.2 Å². The molecule has 82 valence electrons. The summed E-state index contributed by atoms with van der Waals surface area (Å²) < 4.78 is 37.4. The molecule has 0 radical (unpaired) electrons. The van der Waals surface area contributed by atoms with Gasteiger partial charge in [-0.2, -0.15) is 13.2 Å². The lowest BCUT2D eigenvalue weighted by atomic mass is 10.1. The second kappa shape index (κ2) is 4.57. The highest BCUT2D eigenvalue weighted by Gasteiger charge is 2.32. The van der Waals surface area contributed by atoms with Crippen LogP contribution in [0.4, 0.5) is 13.2 Å². The fraction of sp³-hybridized carbons (Fsp3) is 0.200. The second-order valence-electron chi connectivity index (χ2n) is 2.83. The average Bonchev–Trinajstić information content (AvgIpc) is 2.14. The van der Waals surface area contributed by atoms with Gasteiger partial charge in [-0.15, -0.1) is 11.6 Å². The molecule has 1 nitrogen and oxygen atoms in total. The molecular formula is C10H8ClF3O. The SMILES string of the molecule is Oc1ccc(C=CCCl)c(C(F)(F)F)c1. The maximum Gasteiger partial charge on any atom is 0.417 e. The van der Waals surface area contributed by atoms with Gasteiger partial charge in [0.15, 0.2) is 0 Å². The van der Waals surface area contributed by atoms with Crippen LogP contribution in [0.15, 0.2) is 24.3 Å². The van der Waals surface area contributed by atoms with Gasteiger partial charge in [-0.1, -0.05) is 18.2 Å². The first-order chi connectivity index (χ1) is 6.95. The van der Waals surface area contributed by atoms with Gasteiger partial charge in [-0.3, -0.25) is 0 Å². The molecule has 0 heterocycles. The van der Waals surface area contributed by atoms with Crippen molar-refractivity contribution in [3.05, 3.63) is 35.4 Å². The molecular weight excluding hydrogens is 229 g/mol. The normalized spacial score (nSPS) is 12.3. The van der Waals surface area contributed by atoms with Crippen LogP contribution in [0.25, 0.3) is 6.08 Å². The lowest BCUT2D eigenvalue weighted by Gasteiger charge is -2.10. The Bertz CT molecular complexity index is 371. The quantitative estimate of drug-likeness (QED) is 0.777. The molecule has 1 N–H and O–H groups in total. The summed E-state index contributed by atoms with van der Waals surface area (Å²) in [6.07, 6.45) is -1.80. The van der Waals surface area contributed by atoms with Crippen LogP contribution >= 0.6 is 11.6 Å². The minimum Gasteiger partial charge on any atom is -0.508 e. The highest BCUT2D eigenvalue weighted by molar-refractivity contribution is 6.19. The van der Waals surface area contributed by atoms with Crippen LogP contribution in [0.1, 0.15) is 11.1 Å². The van der Waals surface area contributed by atoms with Crippen molar-refractivity contribution in [2.24, 2.45) is 0 Å². The number of alkyl halides is 4. The van der Waals surface area contributed by atoms with E-state index in [0.29, 0.717) is 6.07 Å². The summed E-state index contributed by atoms with van der Waals surface area (Å²) in [5.41, 5.74) is -0.884. The second-order valence-corrected chi connectivity index (χ2v) is 3.13. The number of halogens is 4. The van der Waals surface area contributed by atoms with E-state index in [9.17, 15) is 13.2 Å². The number of hydrogen-bond acceptors (Lipinski definition) is 1. The van der Waals surface area contributed by atoms with Gasteiger partial charge in [0.2, 0.25) is 0 Å². The maximum absolute atomic E-state index is 12.5. The maximum atomic E-state index is 12.5. The standard InChI is InChI=1S/C10H8ClF3O/c11-5-1-2-7-3-4-8(15)6-9(7)10(12,13)14/h1-4,6,15H,5H2. The minimum absolute atomic E-state index is 0.0130. The molecule has 0 bridgehead atoms. The Labute approximate surface area is 89.8 Å². The molecule has 0 atom stereocenters. The Morgan fingerprint density at radius 3 is 2.53 bits per heavy atom. The smallest absolute Gasteiger partial charge is 0.417 e. The van der Waals surface area contributed by atoms with Crippen LogP contribution in [-0.2, 0) is 6.18 Å². The Morgan fingerprint density at radius 1 is 1.33 bits per heavy atom. The largest absolute Gasteiger partial charge is 0.508 e. The lowest BCUT2D eigenvalue weighted by Crippen LogP contribution is -2.07. The van der Waals surface area contributed by atoms with Crippen molar-refractivity contribution < 1.29 is 18.3 Å². The Kier molecular flexibility index (Phi) is 3.63. The summed E-state index contributed by atoms with van der Waals surface area (Å²) in [5.74, 6) is -0.275. The van der Waals surface area contributed by atoms with Crippen molar-refractivity contribution in [1.82, 2.24) is 0 Å². The van der Waals surface area contributed by atoms with Crippen LogP contribution in [0.3, 0.4) is 0 Å². The van der Waals surface area contributed by atoms with Crippen molar-refractivity contribution in [2.45, 2.75) is 6.18 Å². The Morgan fingerprint density at radius 2 is 2.00 bits per heavy atom. The fourth-order valence-corrected chi connectivity index (χ4v) is 1.20. The fourth-order valence-electron chi connectivity index (χ4n) is 1.11. The molecule has 0 saturated heterocycles. The predicted octanol–water partition coefficient (Wildman–Crippen LogP) is 3.66. The van der Waals surface area contributed by atoms with Gasteiger partial charge < -0.3 is 5.11 Å². The van der Waals surface area contributed by atoms with E-state index in [1.807, 2.05) is 0 Å². The van der Waals surface area contributed by atoms with Gasteiger partial charge in [0.05, 0.1) is 5.56 Å². The summed E-state index contributed by atoms with van der Waals surface area (Å²) in [4.78, 5) is 0. The zero-order valence-corrected chi connectivity index (χ0v) is 8.31. The number of hydrogen-bond donors (Lipinski definition) is 1. The number of phenols is 1. The van der Waals surface area contributed by atoms with Crippen molar-refractivity contribution >= 4 is 17.7 Å². The summed E-state index contributed by atoms with van der Waals surface area (Å²) in [6.45, 7) is 0. The first-order valence-electron chi connectivity index (χ1n) is 4.08. The molecule has 1 aromatic rings. The van der Waals surface area contributed by atoms with Gasteiger partial charge in [0.1, 0.15) is 5.75 Å². The zero-order chi connectivity index (χ0) is 11.5. The third-order valence-electron chi connectivity index (χ3n) is 1.73. The van der Waals surface area contributed by atoms with Crippen LogP contribution < -0.4 is 0 Å². The number of phenolic OH excluding ortho intramolecular Hbond substituents is 1. The molecule has 0 aliphatic heterocycles. The van der Waals surface area contributed by atoms with Crippen molar-refractivity contribution in [1.29, 1.82) is 0 Å². The molecule has 0 aliphatic rings. The predicted molar refractivity (Wildman–Crippen MR) is 52.9 cm³/mol. The molecule has 15 heavy (non-hydrogen) atoms. The van der Waals surface area contributed by atoms with Gasteiger partial charge in [0, 0.05) is 5.88 Å². The average molecular weight is 237 g/mol. The van der Waals surface area contributed by atoms with Gasteiger partial charge in [0.25, 0.3) is 0 Å². The van der Waals surface area contributed by atoms with E-state index in [1.54, 1.807) is 0 Å². The highest BCUT2D eigenvalue weighted by atomic mass is 35.5. The van der Waals surface area contributed by atoms with Crippen molar-refractivity contribution in [3.8, 4) is 5.75 Å². The van der Waals surface area contributed by atoms with E-state index in [-0.39, 0.29) is 11.4 Å². The number of allylic oxidation sites excluding steroid dienone is 1. The molecule has 1 aromatic carbocycles. The van der Waals surface area contributed by atoms with Crippen LogP contribution in [0.2, 0.25) is 0 Å². The zero-order valence-electron chi connectivity index (χ0n) is 7.55. The number of aromatic hydroxyl groups is 1. The van der Waals surface area contributed by atoms with E-state index < -0.39 is 17.5 Å². The van der Waals surface area contributed by atoms with E-state index in [4.69, 9.17) is 16.7 Å². The molecule has 0 unspecified atom stereocenters. The van der Waals surface area contributed by atoms with E-state index in [2.05, 4.69) is 0 Å². The van der Waals surface area contributed by atoms with E-state index in [1.165, 1.54) is 24.3 Å². The Balaban J connectivity index is 3.21. The third kappa shape index (κ3) is 3.16. The summed E-state index contributed by atoms with van der Waals surface area (Å²) in [6, 6.07) is 3.08. The number of rotatable bonds is 2. The van der Waals surface area contributed by atoms with Gasteiger partial charge >= 0.3 is 6.18 Å². The first kappa shape index (κ1) is 11.9. The monoisotopic (exact) mass is 236 g/mol. The van der Waals surface area contributed by atoms with Crippen LogP contribution in [0, 0.1) is 0 Å². The Hall–Kier alpha value is -1.16. The molecule has 0 saturated carbocycles. The minimum atomic E-state index is -4.48. The summed E-state index contributed by atoms with van der Waals surface area (Å²) in [5, 5.41) is 8.98. The van der Waals surface area contributed by atoms with Crippen molar-refractivity contribution in [2.75, 3.05) is 5.88 Å². The molecule has 5 heteroatoms. The molecule has 1 rings (SSSR count). The highest BCUT2D eigenvalue weighted by Crippen LogP contribution is 2.34. The van der Waals surface area contributed by atoms with E-state index in [0.717, 1.165) is 0 Å². The van der Waals surface area contributed by atoms with Gasteiger partial charge in [-0.05, 0) is 17.7 Å². The van der Waals surface area contributed by atoms with Crippen molar-refractivity contribution in [3.63, 3.8) is 0 Å². The first-order valence-corrected chi connectivity index (χ1v) is 4.61. The molecule has 0 aliphatic carbocycles. The lowest BCUT2D eigenvalue weighted by molar-refractivity contribution is -0.137. The third-order valence-corrected chi connectivity index (χ3v) is 1.91. The number of benzene rings is 1. The van der Waals surface area contributed by atoms with Gasteiger partial charge in [-0.25, -0.2) is 0 Å². The van der Waals surface area contributed by atoms with Crippen LogP contribution in [0.5, 0.6) is 5.75 Å². The van der Waals surface area contributed by atoms with E-state index >= 15 is 0 Å². The summed E-state index contributed by atoms with van der Waals surface area (Å²) >= 11 is 5.33. The molecule has 0 fully saturated rings. The molecule has 0 amide bonds. The van der Waals surface area contributed by atoms with Crippen LogP contribution in [-0.4, -0.2) is 11.0 Å².